The van der Waals surface area contributed by atoms with Gasteiger partial charge in [0.1, 0.15) is 12.6 Å². The van der Waals surface area contributed by atoms with E-state index in [0.29, 0.717) is 25.1 Å². The number of carbonyl (C=O) groups excluding carboxylic acids is 2. The second-order valence-corrected chi connectivity index (χ2v) is 10.4. The highest BCUT2D eigenvalue weighted by Gasteiger charge is 2.31. The van der Waals surface area contributed by atoms with E-state index in [9.17, 15) is 18.0 Å². The molecule has 1 atom stereocenters. The number of nitrogens with one attached hydrogen (secondary N) is 1. The van der Waals surface area contributed by atoms with Gasteiger partial charge in [0.2, 0.25) is 21.8 Å². The molecule has 0 aromatic heterocycles. The van der Waals surface area contributed by atoms with E-state index in [0.717, 1.165) is 21.7 Å². The highest BCUT2D eigenvalue weighted by molar-refractivity contribution is 7.92. The minimum Gasteiger partial charge on any atom is -0.352 e. The van der Waals surface area contributed by atoms with Crippen molar-refractivity contribution in [3.05, 3.63) is 65.7 Å². The molecule has 0 aliphatic heterocycles. The van der Waals surface area contributed by atoms with Crippen molar-refractivity contribution in [1.82, 2.24) is 10.2 Å². The minimum absolute atomic E-state index is 0.0718. The normalized spacial score (nSPS) is 12.3. The molecular formula is C25H35N3O4S. The Balaban J connectivity index is 2.36. The lowest BCUT2D eigenvalue weighted by atomic mass is 10.1. The molecule has 8 heteroatoms. The minimum atomic E-state index is -3.72. The van der Waals surface area contributed by atoms with Crippen molar-refractivity contribution in [2.24, 2.45) is 0 Å². The van der Waals surface area contributed by atoms with Crippen molar-refractivity contribution >= 4 is 27.5 Å². The van der Waals surface area contributed by atoms with E-state index in [1.54, 1.807) is 18.2 Å². The summed E-state index contributed by atoms with van der Waals surface area (Å²) in [5.41, 5.74) is 2.35. The highest BCUT2D eigenvalue weighted by Crippen LogP contribution is 2.20. The van der Waals surface area contributed by atoms with Crippen LogP contribution in [0, 0.1) is 6.92 Å². The van der Waals surface area contributed by atoms with Gasteiger partial charge < -0.3 is 10.2 Å². The van der Waals surface area contributed by atoms with Crippen LogP contribution >= 0.6 is 0 Å². The van der Waals surface area contributed by atoms with Gasteiger partial charge in [-0.1, -0.05) is 49.4 Å². The molecule has 0 spiro atoms. The van der Waals surface area contributed by atoms with Crippen LogP contribution in [-0.4, -0.2) is 56.6 Å². The Morgan fingerprint density at radius 2 is 1.70 bits per heavy atom. The number of anilines is 1. The summed E-state index contributed by atoms with van der Waals surface area (Å²) in [5, 5.41) is 2.89. The zero-order valence-electron chi connectivity index (χ0n) is 20.1. The van der Waals surface area contributed by atoms with Gasteiger partial charge in [0, 0.05) is 12.6 Å². The number of sulfonamides is 1. The van der Waals surface area contributed by atoms with Crippen LogP contribution in [0.3, 0.4) is 0 Å². The van der Waals surface area contributed by atoms with Crippen molar-refractivity contribution in [2.45, 2.75) is 52.6 Å². The monoisotopic (exact) mass is 473 g/mol. The Morgan fingerprint density at radius 3 is 2.24 bits per heavy atom. The van der Waals surface area contributed by atoms with Gasteiger partial charge in [-0.25, -0.2) is 8.42 Å². The van der Waals surface area contributed by atoms with E-state index in [1.165, 1.54) is 4.90 Å². The average molecular weight is 474 g/mol. The van der Waals surface area contributed by atoms with Crippen LogP contribution in [0.4, 0.5) is 5.69 Å². The van der Waals surface area contributed by atoms with Crippen LogP contribution < -0.4 is 9.62 Å². The first-order valence-corrected chi connectivity index (χ1v) is 13.1. The van der Waals surface area contributed by atoms with Gasteiger partial charge in [-0.3, -0.25) is 13.9 Å². The molecule has 0 fully saturated rings. The maximum absolute atomic E-state index is 13.5. The quantitative estimate of drug-likeness (QED) is 0.543. The number of rotatable bonds is 11. The largest absolute Gasteiger partial charge is 0.352 e. The Labute approximate surface area is 197 Å². The SMILES string of the molecule is CC[C@H](C(=O)NC(C)C)N(CCc1ccccc1)C(=O)CN(c1cccc(C)c1)S(C)(=O)=O. The third-order valence-electron chi connectivity index (χ3n) is 5.27. The molecule has 0 radical (unpaired) electrons. The van der Waals surface area contributed by atoms with Crippen molar-refractivity contribution in [3.8, 4) is 0 Å². The zero-order valence-corrected chi connectivity index (χ0v) is 20.9. The molecular weight excluding hydrogens is 438 g/mol. The van der Waals surface area contributed by atoms with E-state index in [2.05, 4.69) is 5.32 Å². The smallest absolute Gasteiger partial charge is 0.244 e. The van der Waals surface area contributed by atoms with Crippen molar-refractivity contribution in [3.63, 3.8) is 0 Å². The predicted molar refractivity (Wildman–Crippen MR) is 133 cm³/mol. The summed E-state index contributed by atoms with van der Waals surface area (Å²) < 4.78 is 26.3. The molecule has 2 aromatic carbocycles. The molecule has 7 nitrogen and oxygen atoms in total. The van der Waals surface area contributed by atoms with Crippen LogP contribution in [0.15, 0.2) is 54.6 Å². The molecule has 0 aliphatic rings. The number of aryl methyl sites for hydroxylation is 1. The summed E-state index contributed by atoms with van der Waals surface area (Å²) in [4.78, 5) is 27.9. The van der Waals surface area contributed by atoms with Crippen molar-refractivity contribution in [2.75, 3.05) is 23.7 Å². The number of hydrogen-bond donors (Lipinski definition) is 1. The Kier molecular flexibility index (Phi) is 9.46. The van der Waals surface area contributed by atoms with Crippen LogP contribution in [0.5, 0.6) is 0 Å². The summed E-state index contributed by atoms with van der Waals surface area (Å²) in [7, 11) is -3.72. The fourth-order valence-corrected chi connectivity index (χ4v) is 4.51. The third-order valence-corrected chi connectivity index (χ3v) is 6.41. The fraction of sp³-hybridized carbons (Fsp3) is 0.440. The third kappa shape index (κ3) is 7.89. The number of amides is 2. The first kappa shape index (κ1) is 26.4. The number of nitrogens with zero attached hydrogens (tertiary/aromatic N) is 2. The molecule has 2 amide bonds. The van der Waals surface area contributed by atoms with E-state index >= 15 is 0 Å². The Hall–Kier alpha value is -2.87. The van der Waals surface area contributed by atoms with E-state index in [4.69, 9.17) is 0 Å². The lowest BCUT2D eigenvalue weighted by molar-refractivity contribution is -0.139. The first-order valence-electron chi connectivity index (χ1n) is 11.2. The van der Waals surface area contributed by atoms with Gasteiger partial charge in [-0.05, 0) is 56.9 Å². The van der Waals surface area contributed by atoms with Crippen LogP contribution in [0.1, 0.15) is 38.3 Å². The molecule has 0 bridgehead atoms. The molecule has 0 unspecified atom stereocenters. The van der Waals surface area contributed by atoms with Crippen LogP contribution in [0.25, 0.3) is 0 Å². The molecule has 2 aromatic rings. The standard InChI is InChI=1S/C25H35N3O4S/c1-6-23(25(30)26-19(2)3)27(16-15-21-12-8-7-9-13-21)24(29)18-28(33(5,31)32)22-14-10-11-20(4)17-22/h7-14,17,19,23H,6,15-16,18H2,1-5H3,(H,26,30)/t23-/m1/s1. The maximum Gasteiger partial charge on any atom is 0.244 e. The average Bonchev–Trinajstić information content (AvgIpc) is 2.74. The fourth-order valence-electron chi connectivity index (χ4n) is 3.67. The van der Waals surface area contributed by atoms with Crippen LogP contribution in [-0.2, 0) is 26.0 Å². The van der Waals surface area contributed by atoms with Crippen molar-refractivity contribution < 1.29 is 18.0 Å². The first-order chi connectivity index (χ1) is 15.5. The van der Waals surface area contributed by atoms with Crippen LogP contribution in [0.2, 0.25) is 0 Å². The molecule has 0 aliphatic carbocycles. The number of carbonyl (C=O) groups is 2. The number of hydrogen-bond acceptors (Lipinski definition) is 4. The summed E-state index contributed by atoms with van der Waals surface area (Å²) in [6, 6.07) is 15.9. The Morgan fingerprint density at radius 1 is 1.03 bits per heavy atom. The summed E-state index contributed by atoms with van der Waals surface area (Å²) in [6.45, 7) is 7.37. The summed E-state index contributed by atoms with van der Waals surface area (Å²) in [6.07, 6.45) is 2.06. The topological polar surface area (TPSA) is 86.8 Å². The van der Waals surface area contributed by atoms with Gasteiger partial charge in [-0.2, -0.15) is 0 Å². The second kappa shape index (κ2) is 11.8. The van der Waals surface area contributed by atoms with E-state index in [-0.39, 0.29) is 18.5 Å². The van der Waals surface area contributed by atoms with Gasteiger partial charge in [-0.15, -0.1) is 0 Å². The predicted octanol–water partition coefficient (Wildman–Crippen LogP) is 3.14. The molecule has 2 rings (SSSR count). The Bertz CT molecular complexity index is 1040. The van der Waals surface area contributed by atoms with Gasteiger partial charge in [0.25, 0.3) is 0 Å². The zero-order chi connectivity index (χ0) is 24.6. The summed E-state index contributed by atoms with van der Waals surface area (Å²) >= 11 is 0. The van der Waals surface area contributed by atoms with Crippen molar-refractivity contribution in [1.29, 1.82) is 0 Å². The lowest BCUT2D eigenvalue weighted by Crippen LogP contribution is -2.54. The highest BCUT2D eigenvalue weighted by atomic mass is 32.2. The molecule has 0 saturated heterocycles. The van der Waals surface area contributed by atoms with E-state index < -0.39 is 22.0 Å². The molecule has 1 N–H and O–H groups in total. The van der Waals surface area contributed by atoms with Gasteiger partial charge >= 0.3 is 0 Å². The summed E-state index contributed by atoms with van der Waals surface area (Å²) in [5.74, 6) is -0.654. The number of benzene rings is 2. The maximum atomic E-state index is 13.5. The van der Waals surface area contributed by atoms with E-state index in [1.807, 2.05) is 64.1 Å². The van der Waals surface area contributed by atoms with Gasteiger partial charge in [0.15, 0.2) is 0 Å². The molecule has 0 heterocycles. The van der Waals surface area contributed by atoms with Gasteiger partial charge in [0.05, 0.1) is 11.9 Å². The molecule has 33 heavy (non-hydrogen) atoms. The second-order valence-electron chi connectivity index (χ2n) is 8.52. The molecule has 180 valence electrons. The molecule has 0 saturated carbocycles. The lowest BCUT2D eigenvalue weighted by Gasteiger charge is -2.33.